The monoisotopic (exact) mass is 637 g/mol. The lowest BCUT2D eigenvalue weighted by Gasteiger charge is -2.15. The minimum atomic E-state index is -1.07. The van der Waals surface area contributed by atoms with Crippen molar-refractivity contribution < 1.29 is 33.5 Å². The van der Waals surface area contributed by atoms with Crippen LogP contribution in [-0.4, -0.2) is 64.4 Å². The lowest BCUT2D eigenvalue weighted by atomic mass is 10.1. The first-order valence-corrected chi connectivity index (χ1v) is 15.3. The van der Waals surface area contributed by atoms with Gasteiger partial charge in [-0.05, 0) is 24.3 Å². The number of carboxylic acids is 2. The maximum Gasteiger partial charge on any atom is 0.343 e. The Kier molecular flexibility index (Phi) is 9.24. The van der Waals surface area contributed by atoms with Gasteiger partial charge in [0.2, 0.25) is 5.69 Å². The van der Waals surface area contributed by atoms with Crippen molar-refractivity contribution in [3.05, 3.63) is 115 Å². The Labute approximate surface area is 272 Å². The molecular weight excluding hydrogens is 600 g/mol. The highest BCUT2D eigenvalue weighted by molar-refractivity contribution is 7.99. The molecule has 0 aliphatic rings. The Bertz CT molecular complexity index is 1870. The second kappa shape index (κ2) is 13.3. The van der Waals surface area contributed by atoms with Crippen LogP contribution in [0, 0.1) is 0 Å². The molecule has 234 valence electrons. The van der Waals surface area contributed by atoms with E-state index in [4.69, 9.17) is 0 Å². The Morgan fingerprint density at radius 1 is 0.565 bits per heavy atom. The van der Waals surface area contributed by atoms with E-state index in [9.17, 15) is 19.8 Å². The van der Waals surface area contributed by atoms with Crippen LogP contribution in [-0.2, 0) is 0 Å². The highest BCUT2D eigenvalue weighted by Gasteiger charge is 2.38. The van der Waals surface area contributed by atoms with Crippen molar-refractivity contribution in [3.8, 4) is 17.1 Å². The second-order valence-corrected chi connectivity index (χ2v) is 12.4. The van der Waals surface area contributed by atoms with Gasteiger partial charge in [-0.1, -0.05) is 11.8 Å². The maximum absolute atomic E-state index is 13.1. The molecule has 0 aliphatic carbocycles. The summed E-state index contributed by atoms with van der Waals surface area (Å²) in [6, 6.07) is 20.2. The number of rotatable bonds is 10. The molecule has 5 aromatic rings. The molecule has 3 aromatic heterocycles. The number of anilines is 3. The average molecular weight is 638 g/mol. The first-order valence-electron chi connectivity index (χ1n) is 14.5. The van der Waals surface area contributed by atoms with Gasteiger partial charge < -0.3 is 24.9 Å². The van der Waals surface area contributed by atoms with Gasteiger partial charge in [-0.2, -0.15) is 13.7 Å². The fourth-order valence-electron chi connectivity index (χ4n) is 4.98. The third kappa shape index (κ3) is 6.64. The number of nitrogens with zero attached hydrogens (tertiary/aromatic N) is 6. The summed E-state index contributed by atoms with van der Waals surface area (Å²) in [6.45, 7) is 0. The first kappa shape index (κ1) is 32.0. The zero-order valence-corrected chi connectivity index (χ0v) is 27.4. The van der Waals surface area contributed by atoms with Crippen LogP contribution >= 0.6 is 11.8 Å². The van der Waals surface area contributed by atoms with Crippen molar-refractivity contribution in [1.29, 1.82) is 0 Å². The highest BCUT2D eigenvalue weighted by atomic mass is 32.2. The Hall–Kier alpha value is -5.42. The van der Waals surface area contributed by atoms with Crippen molar-refractivity contribution in [2.45, 2.75) is 9.79 Å². The number of aromatic nitrogens is 3. The third-order valence-electron chi connectivity index (χ3n) is 7.54. The van der Waals surface area contributed by atoms with Gasteiger partial charge in [0.15, 0.2) is 42.1 Å². The van der Waals surface area contributed by atoms with E-state index in [1.165, 1.54) is 11.8 Å². The summed E-state index contributed by atoms with van der Waals surface area (Å²) in [7, 11) is 11.8. The van der Waals surface area contributed by atoms with E-state index >= 15 is 0 Å². The first-order chi connectivity index (χ1) is 21.9. The van der Waals surface area contributed by atoms with Gasteiger partial charge in [-0.25, -0.2) is 9.59 Å². The van der Waals surface area contributed by atoms with Gasteiger partial charge in [-0.3, -0.25) is 0 Å². The summed E-state index contributed by atoms with van der Waals surface area (Å²) in [5.74, 6) is -2.07. The van der Waals surface area contributed by atoms with Crippen molar-refractivity contribution in [2.75, 3.05) is 57.0 Å². The summed E-state index contributed by atoms with van der Waals surface area (Å²) < 4.78 is 5.68. The Balaban J connectivity index is 1.87. The van der Waals surface area contributed by atoms with Crippen LogP contribution in [0.1, 0.15) is 20.7 Å². The smallest absolute Gasteiger partial charge is 0.343 e. The summed E-state index contributed by atoms with van der Waals surface area (Å²) in [6.07, 6.45) is 11.4. The lowest BCUT2D eigenvalue weighted by molar-refractivity contribution is -0.637. The quantitative estimate of drug-likeness (QED) is 0.220. The fourth-order valence-corrected chi connectivity index (χ4v) is 6.05. The Morgan fingerprint density at radius 3 is 1.37 bits per heavy atom. The maximum atomic E-state index is 13.1. The predicted octanol–water partition coefficient (Wildman–Crippen LogP) is 4.26. The number of benzene rings is 2. The normalized spacial score (nSPS) is 10.8. The SMILES string of the molecule is CN(C)c1cc[n+](-c2cc(C(=O)O)c(-[n+]3ccc(N(C)C)cc3)c(-[n+]3ccc(N(C)C)cc3)c2Sc2ccc(C(=O)O)cc2)cc1. The van der Waals surface area contributed by atoms with E-state index in [0.717, 1.165) is 26.9 Å². The fraction of sp³-hybridized carbons (Fsp3) is 0.171. The van der Waals surface area contributed by atoms with Crippen LogP contribution in [0.25, 0.3) is 17.1 Å². The molecule has 0 bridgehead atoms. The minimum Gasteiger partial charge on any atom is -0.478 e. The second-order valence-electron chi connectivity index (χ2n) is 11.3. The number of hydrogen-bond acceptors (Lipinski definition) is 6. The molecule has 0 saturated heterocycles. The number of carbonyl (C=O) groups is 2. The van der Waals surface area contributed by atoms with Crippen LogP contribution in [0.4, 0.5) is 17.1 Å². The molecule has 0 fully saturated rings. The van der Waals surface area contributed by atoms with E-state index in [1.807, 2.05) is 144 Å². The van der Waals surface area contributed by atoms with Crippen LogP contribution in [0.5, 0.6) is 0 Å². The van der Waals surface area contributed by atoms with E-state index in [0.29, 0.717) is 17.1 Å². The summed E-state index contributed by atoms with van der Waals surface area (Å²) >= 11 is 1.44. The molecule has 10 nitrogen and oxygen atoms in total. The van der Waals surface area contributed by atoms with Gasteiger partial charge in [0, 0.05) is 107 Å². The van der Waals surface area contributed by atoms with Crippen LogP contribution in [0.2, 0.25) is 0 Å². The number of carboxylic acid groups (broad SMARTS) is 2. The van der Waals surface area contributed by atoms with Crippen LogP contribution in [0.3, 0.4) is 0 Å². The summed E-state index contributed by atoms with van der Waals surface area (Å²) in [5.41, 5.74) is 5.05. The van der Waals surface area contributed by atoms with Gasteiger partial charge in [0.25, 0.3) is 5.69 Å². The molecule has 2 aromatic carbocycles. The molecule has 0 unspecified atom stereocenters. The molecule has 46 heavy (non-hydrogen) atoms. The summed E-state index contributed by atoms with van der Waals surface area (Å²) in [5, 5.41) is 20.2. The third-order valence-corrected chi connectivity index (χ3v) is 8.65. The predicted molar refractivity (Wildman–Crippen MR) is 179 cm³/mol. The van der Waals surface area contributed by atoms with Crippen molar-refractivity contribution in [3.63, 3.8) is 0 Å². The molecule has 3 heterocycles. The van der Waals surface area contributed by atoms with Crippen LogP contribution < -0.4 is 28.4 Å². The molecule has 0 aliphatic heterocycles. The van der Waals surface area contributed by atoms with E-state index < -0.39 is 11.9 Å². The molecule has 11 heteroatoms. The molecule has 5 rings (SSSR count). The molecular formula is C35H37N6O4S+3. The highest BCUT2D eigenvalue weighted by Crippen LogP contribution is 2.38. The van der Waals surface area contributed by atoms with E-state index in [2.05, 4.69) is 0 Å². The molecule has 0 saturated carbocycles. The molecule has 0 radical (unpaired) electrons. The Morgan fingerprint density at radius 2 is 0.978 bits per heavy atom. The summed E-state index contributed by atoms with van der Waals surface area (Å²) in [4.78, 5) is 32.2. The zero-order valence-electron chi connectivity index (χ0n) is 26.6. The largest absolute Gasteiger partial charge is 0.478 e. The number of aromatic carboxylic acids is 2. The van der Waals surface area contributed by atoms with Gasteiger partial charge in [0.1, 0.15) is 5.56 Å². The number of pyridine rings is 3. The lowest BCUT2D eigenvalue weighted by Crippen LogP contribution is -2.43. The van der Waals surface area contributed by atoms with Gasteiger partial charge in [-0.15, -0.1) is 0 Å². The molecule has 0 atom stereocenters. The molecule has 2 N–H and O–H groups in total. The molecule has 0 spiro atoms. The van der Waals surface area contributed by atoms with E-state index in [-0.39, 0.29) is 11.1 Å². The van der Waals surface area contributed by atoms with Crippen LogP contribution in [0.15, 0.2) is 114 Å². The standard InChI is InChI=1S/C35H35N6O4S/c1-36(2)25-11-17-39(18-12-25)30-23-29(35(44)45)31(40-19-13-26(14-20-40)37(3)4)32(41-21-15-27(16-22-41)38(5)6)33(30)46-28-9-7-24(8-10-28)34(42)43/h7-23H,1-6H3/q+1/p+2. The van der Waals surface area contributed by atoms with Gasteiger partial charge in [0.05, 0.1) is 5.56 Å². The van der Waals surface area contributed by atoms with Gasteiger partial charge >= 0.3 is 17.6 Å². The van der Waals surface area contributed by atoms with E-state index in [1.54, 1.807) is 30.3 Å². The number of hydrogen-bond donors (Lipinski definition) is 2. The van der Waals surface area contributed by atoms with Crippen molar-refractivity contribution in [1.82, 2.24) is 0 Å². The average Bonchev–Trinajstić information content (AvgIpc) is 3.04. The minimum absolute atomic E-state index is 0.117. The topological polar surface area (TPSA) is 96.0 Å². The zero-order chi connectivity index (χ0) is 33.1. The van der Waals surface area contributed by atoms with Crippen molar-refractivity contribution in [2.24, 2.45) is 0 Å². The molecule has 0 amide bonds. The van der Waals surface area contributed by atoms with Crippen molar-refractivity contribution >= 4 is 40.8 Å².